The van der Waals surface area contributed by atoms with Crippen molar-refractivity contribution in [3.8, 4) is 11.5 Å². The summed E-state index contributed by atoms with van der Waals surface area (Å²) in [5.74, 6) is 1.77. The molecule has 0 saturated heterocycles. The standard InChI is InChI=1S/C19H19NO2/c1-21-17-9-5-8-16(14-17)20-12-13-22-19-11-4-7-15-6-2-3-10-18(15)19/h2-11,14,20H,12-13H2,1H3. The monoisotopic (exact) mass is 293 g/mol. The largest absolute Gasteiger partial charge is 0.497 e. The molecular weight excluding hydrogens is 274 g/mol. The van der Waals surface area contributed by atoms with Crippen LogP contribution in [-0.4, -0.2) is 20.3 Å². The third kappa shape index (κ3) is 3.31. The topological polar surface area (TPSA) is 30.5 Å². The van der Waals surface area contributed by atoms with Gasteiger partial charge in [-0.15, -0.1) is 0 Å². The van der Waals surface area contributed by atoms with Crippen molar-refractivity contribution in [3.05, 3.63) is 66.7 Å². The molecule has 0 amide bonds. The molecule has 0 bridgehead atoms. The Kier molecular flexibility index (Phi) is 4.44. The first-order valence-corrected chi connectivity index (χ1v) is 7.35. The Labute approximate surface area is 130 Å². The lowest BCUT2D eigenvalue weighted by Crippen LogP contribution is -2.11. The van der Waals surface area contributed by atoms with E-state index in [2.05, 4.69) is 23.5 Å². The molecule has 0 spiro atoms. The number of fused-ring (bicyclic) bond motifs is 1. The highest BCUT2D eigenvalue weighted by atomic mass is 16.5. The number of hydrogen-bond acceptors (Lipinski definition) is 3. The Morgan fingerprint density at radius 2 is 1.73 bits per heavy atom. The number of ether oxygens (including phenoxy) is 2. The van der Waals surface area contributed by atoms with E-state index in [4.69, 9.17) is 9.47 Å². The quantitative estimate of drug-likeness (QED) is 0.686. The summed E-state index contributed by atoms with van der Waals surface area (Å²) in [5.41, 5.74) is 1.03. The molecule has 0 atom stereocenters. The van der Waals surface area contributed by atoms with E-state index in [9.17, 15) is 0 Å². The molecule has 3 aromatic rings. The number of nitrogens with one attached hydrogen (secondary N) is 1. The van der Waals surface area contributed by atoms with Crippen molar-refractivity contribution >= 4 is 16.5 Å². The summed E-state index contributed by atoms with van der Waals surface area (Å²) in [7, 11) is 1.67. The molecule has 3 heteroatoms. The van der Waals surface area contributed by atoms with E-state index in [1.54, 1.807) is 7.11 Å². The van der Waals surface area contributed by atoms with Crippen LogP contribution in [-0.2, 0) is 0 Å². The number of hydrogen-bond donors (Lipinski definition) is 1. The highest BCUT2D eigenvalue weighted by molar-refractivity contribution is 5.88. The molecule has 112 valence electrons. The predicted molar refractivity (Wildman–Crippen MR) is 90.9 cm³/mol. The van der Waals surface area contributed by atoms with E-state index in [1.807, 2.05) is 48.5 Å². The first kappa shape index (κ1) is 14.3. The van der Waals surface area contributed by atoms with Crippen LogP contribution in [0.25, 0.3) is 10.8 Å². The molecule has 0 aliphatic heterocycles. The van der Waals surface area contributed by atoms with Crippen LogP contribution >= 0.6 is 0 Å². The van der Waals surface area contributed by atoms with Crippen LogP contribution in [0.1, 0.15) is 0 Å². The Morgan fingerprint density at radius 1 is 0.909 bits per heavy atom. The van der Waals surface area contributed by atoms with Gasteiger partial charge in [0.15, 0.2) is 0 Å². The molecule has 1 N–H and O–H groups in total. The number of rotatable bonds is 6. The average molecular weight is 293 g/mol. The number of anilines is 1. The summed E-state index contributed by atoms with van der Waals surface area (Å²) in [6, 6.07) is 22.2. The third-order valence-electron chi connectivity index (χ3n) is 3.51. The fourth-order valence-electron chi connectivity index (χ4n) is 2.41. The van der Waals surface area contributed by atoms with Gasteiger partial charge in [-0.05, 0) is 23.6 Å². The molecule has 0 saturated carbocycles. The highest BCUT2D eigenvalue weighted by Gasteiger charge is 2.01. The molecule has 22 heavy (non-hydrogen) atoms. The van der Waals surface area contributed by atoms with Crippen molar-refractivity contribution < 1.29 is 9.47 Å². The van der Waals surface area contributed by atoms with Gasteiger partial charge in [0.2, 0.25) is 0 Å². The maximum absolute atomic E-state index is 5.90. The van der Waals surface area contributed by atoms with E-state index >= 15 is 0 Å². The van der Waals surface area contributed by atoms with Gasteiger partial charge < -0.3 is 14.8 Å². The Balaban J connectivity index is 1.58. The van der Waals surface area contributed by atoms with Crippen LogP contribution in [0.4, 0.5) is 5.69 Å². The summed E-state index contributed by atoms with van der Waals surface area (Å²) in [6.45, 7) is 1.33. The lowest BCUT2D eigenvalue weighted by Gasteiger charge is -2.11. The smallest absolute Gasteiger partial charge is 0.127 e. The lowest BCUT2D eigenvalue weighted by atomic mass is 10.1. The van der Waals surface area contributed by atoms with E-state index in [-0.39, 0.29) is 0 Å². The van der Waals surface area contributed by atoms with Gasteiger partial charge in [-0.25, -0.2) is 0 Å². The second-order valence-corrected chi connectivity index (χ2v) is 4.98. The van der Waals surface area contributed by atoms with Gasteiger partial charge in [0, 0.05) is 23.7 Å². The predicted octanol–water partition coefficient (Wildman–Crippen LogP) is 4.34. The Hall–Kier alpha value is -2.68. The number of methoxy groups -OCH3 is 1. The summed E-state index contributed by atoms with van der Waals surface area (Å²) in [5, 5.41) is 5.67. The van der Waals surface area contributed by atoms with Gasteiger partial charge in [0.1, 0.15) is 18.1 Å². The van der Waals surface area contributed by atoms with E-state index in [1.165, 1.54) is 5.39 Å². The van der Waals surface area contributed by atoms with Crippen molar-refractivity contribution in [3.63, 3.8) is 0 Å². The van der Waals surface area contributed by atoms with E-state index in [0.29, 0.717) is 6.61 Å². The van der Waals surface area contributed by atoms with Crippen LogP contribution in [0.5, 0.6) is 11.5 Å². The van der Waals surface area contributed by atoms with Gasteiger partial charge >= 0.3 is 0 Å². The molecule has 3 aromatic carbocycles. The van der Waals surface area contributed by atoms with E-state index in [0.717, 1.165) is 29.1 Å². The average Bonchev–Trinajstić information content (AvgIpc) is 2.59. The molecule has 0 aliphatic carbocycles. The van der Waals surface area contributed by atoms with Gasteiger partial charge in [0.25, 0.3) is 0 Å². The van der Waals surface area contributed by atoms with Crippen molar-refractivity contribution in [1.82, 2.24) is 0 Å². The van der Waals surface area contributed by atoms with Gasteiger partial charge in [0.05, 0.1) is 7.11 Å². The molecular formula is C19H19NO2. The minimum Gasteiger partial charge on any atom is -0.497 e. The van der Waals surface area contributed by atoms with Crippen molar-refractivity contribution in [2.45, 2.75) is 0 Å². The van der Waals surface area contributed by atoms with Gasteiger partial charge in [-0.2, -0.15) is 0 Å². The zero-order valence-electron chi connectivity index (χ0n) is 12.6. The molecule has 0 radical (unpaired) electrons. The van der Waals surface area contributed by atoms with Crippen LogP contribution in [0.2, 0.25) is 0 Å². The minimum absolute atomic E-state index is 0.602. The first-order valence-electron chi connectivity index (χ1n) is 7.35. The fraction of sp³-hybridized carbons (Fsp3) is 0.158. The second-order valence-electron chi connectivity index (χ2n) is 4.98. The maximum atomic E-state index is 5.90. The molecule has 0 aromatic heterocycles. The Morgan fingerprint density at radius 3 is 2.64 bits per heavy atom. The lowest BCUT2D eigenvalue weighted by molar-refractivity contribution is 0.337. The summed E-state index contributed by atoms with van der Waals surface area (Å²) in [6.07, 6.45) is 0. The molecule has 0 heterocycles. The van der Waals surface area contributed by atoms with Crippen LogP contribution in [0, 0.1) is 0 Å². The van der Waals surface area contributed by atoms with Gasteiger partial charge in [-0.1, -0.05) is 42.5 Å². The zero-order chi connectivity index (χ0) is 15.2. The molecule has 3 rings (SSSR count). The second kappa shape index (κ2) is 6.85. The van der Waals surface area contributed by atoms with Crippen LogP contribution in [0.15, 0.2) is 66.7 Å². The molecule has 0 aliphatic rings. The maximum Gasteiger partial charge on any atom is 0.127 e. The van der Waals surface area contributed by atoms with E-state index < -0.39 is 0 Å². The minimum atomic E-state index is 0.602. The molecule has 0 fully saturated rings. The zero-order valence-corrected chi connectivity index (χ0v) is 12.6. The SMILES string of the molecule is COc1cccc(NCCOc2cccc3ccccc23)c1. The summed E-state index contributed by atoms with van der Waals surface area (Å²) >= 11 is 0. The highest BCUT2D eigenvalue weighted by Crippen LogP contribution is 2.25. The fourth-order valence-corrected chi connectivity index (χ4v) is 2.41. The molecule has 0 unspecified atom stereocenters. The third-order valence-corrected chi connectivity index (χ3v) is 3.51. The summed E-state index contributed by atoms with van der Waals surface area (Å²) in [4.78, 5) is 0. The van der Waals surface area contributed by atoms with Crippen molar-refractivity contribution in [1.29, 1.82) is 0 Å². The van der Waals surface area contributed by atoms with Gasteiger partial charge in [-0.3, -0.25) is 0 Å². The van der Waals surface area contributed by atoms with Crippen LogP contribution < -0.4 is 14.8 Å². The van der Waals surface area contributed by atoms with Crippen molar-refractivity contribution in [2.75, 3.05) is 25.6 Å². The van der Waals surface area contributed by atoms with Crippen molar-refractivity contribution in [2.24, 2.45) is 0 Å². The number of benzene rings is 3. The first-order chi connectivity index (χ1) is 10.9. The molecule has 3 nitrogen and oxygen atoms in total. The van der Waals surface area contributed by atoms with Crippen LogP contribution in [0.3, 0.4) is 0 Å². The normalized spacial score (nSPS) is 10.4. The summed E-state index contributed by atoms with van der Waals surface area (Å²) < 4.78 is 11.1. The Bertz CT molecular complexity index is 750.